The third kappa shape index (κ3) is 7.85. The maximum Gasteiger partial charge on any atom is 0.262 e. The van der Waals surface area contributed by atoms with Crippen LogP contribution in [0, 0.1) is 6.92 Å². The molecule has 0 radical (unpaired) electrons. The van der Waals surface area contributed by atoms with E-state index in [0.29, 0.717) is 41.2 Å². The third-order valence-electron chi connectivity index (χ3n) is 5.78. The number of nitrogens with zero attached hydrogens (tertiary/aromatic N) is 3. The van der Waals surface area contributed by atoms with Crippen LogP contribution in [0.3, 0.4) is 0 Å². The summed E-state index contributed by atoms with van der Waals surface area (Å²) in [5.41, 5.74) is 1.85. The van der Waals surface area contributed by atoms with E-state index in [1.165, 1.54) is 22.2 Å². The molecular weight excluding hydrogens is 476 g/mol. The SMILES string of the molecule is Cc1ccc(SCCNC(=O)CSc2nc3ccccc3c(=O)n2CCN(C(C)C)C(C)C)cc1. The number of aryl methyl sites for hydroxylation is 1. The number of carbonyl (C=O) groups excluding carboxylic acids is 1. The van der Waals surface area contributed by atoms with Gasteiger partial charge in [-0.25, -0.2) is 4.98 Å². The van der Waals surface area contributed by atoms with Crippen molar-refractivity contribution in [2.24, 2.45) is 0 Å². The van der Waals surface area contributed by atoms with Gasteiger partial charge in [0.1, 0.15) is 0 Å². The standard InChI is InChI=1S/C27H36N4O2S2/c1-19(2)30(20(3)4)15-16-31-26(33)23-8-6-7-9-24(23)29-27(31)35-18-25(32)28-14-17-34-22-12-10-21(5)11-13-22/h6-13,19-20H,14-18H2,1-5H3,(H,28,32). The zero-order chi connectivity index (χ0) is 25.4. The lowest BCUT2D eigenvalue weighted by Crippen LogP contribution is -2.40. The fourth-order valence-corrected chi connectivity index (χ4v) is 5.58. The van der Waals surface area contributed by atoms with Gasteiger partial charge in [0.2, 0.25) is 5.91 Å². The van der Waals surface area contributed by atoms with Crippen molar-refractivity contribution in [2.75, 3.05) is 24.6 Å². The van der Waals surface area contributed by atoms with Crippen molar-refractivity contribution in [3.05, 3.63) is 64.4 Å². The van der Waals surface area contributed by atoms with Crippen LogP contribution < -0.4 is 10.9 Å². The smallest absolute Gasteiger partial charge is 0.262 e. The minimum absolute atomic E-state index is 0.0551. The van der Waals surface area contributed by atoms with Crippen LogP contribution >= 0.6 is 23.5 Å². The number of benzene rings is 2. The lowest BCUT2D eigenvalue weighted by Gasteiger charge is -2.30. The van der Waals surface area contributed by atoms with Gasteiger partial charge in [-0.1, -0.05) is 41.6 Å². The maximum absolute atomic E-state index is 13.3. The molecule has 3 rings (SSSR count). The zero-order valence-electron chi connectivity index (χ0n) is 21.3. The molecule has 0 bridgehead atoms. The first-order valence-corrected chi connectivity index (χ1v) is 14.1. The Labute approximate surface area is 216 Å². The summed E-state index contributed by atoms with van der Waals surface area (Å²) in [6.07, 6.45) is 0. The number of carbonyl (C=O) groups is 1. The second-order valence-electron chi connectivity index (χ2n) is 9.09. The third-order valence-corrected chi connectivity index (χ3v) is 7.77. The van der Waals surface area contributed by atoms with Crippen LogP contribution in [-0.4, -0.2) is 57.0 Å². The largest absolute Gasteiger partial charge is 0.355 e. The summed E-state index contributed by atoms with van der Waals surface area (Å²) in [5.74, 6) is 0.968. The molecular formula is C27H36N4O2S2. The van der Waals surface area contributed by atoms with Gasteiger partial charge in [0.25, 0.3) is 5.56 Å². The molecule has 0 unspecified atom stereocenters. The number of fused-ring (bicyclic) bond motifs is 1. The lowest BCUT2D eigenvalue weighted by atomic mass is 10.2. The minimum atomic E-state index is -0.0561. The lowest BCUT2D eigenvalue weighted by molar-refractivity contribution is -0.118. The molecule has 0 fully saturated rings. The van der Waals surface area contributed by atoms with E-state index in [4.69, 9.17) is 4.98 Å². The molecule has 2 aromatic carbocycles. The quantitative estimate of drug-likeness (QED) is 0.213. The van der Waals surface area contributed by atoms with Gasteiger partial charge in [0, 0.05) is 42.4 Å². The summed E-state index contributed by atoms with van der Waals surface area (Å²) in [5, 5.41) is 4.18. The van der Waals surface area contributed by atoms with Crippen molar-refractivity contribution in [3.63, 3.8) is 0 Å². The highest BCUT2D eigenvalue weighted by Crippen LogP contribution is 2.19. The summed E-state index contributed by atoms with van der Waals surface area (Å²) < 4.78 is 1.73. The van der Waals surface area contributed by atoms with Crippen LogP contribution in [0.2, 0.25) is 0 Å². The molecule has 0 aliphatic rings. The molecule has 0 aliphatic heterocycles. The number of aromatic nitrogens is 2. The molecule has 6 nitrogen and oxygen atoms in total. The van der Waals surface area contributed by atoms with E-state index >= 15 is 0 Å². The molecule has 1 amide bonds. The highest BCUT2D eigenvalue weighted by atomic mass is 32.2. The maximum atomic E-state index is 13.3. The molecule has 0 saturated carbocycles. The van der Waals surface area contributed by atoms with E-state index < -0.39 is 0 Å². The monoisotopic (exact) mass is 512 g/mol. The molecule has 8 heteroatoms. The van der Waals surface area contributed by atoms with Crippen molar-refractivity contribution >= 4 is 40.3 Å². The van der Waals surface area contributed by atoms with Gasteiger partial charge in [-0.15, -0.1) is 11.8 Å². The van der Waals surface area contributed by atoms with Crippen LogP contribution in [0.1, 0.15) is 33.3 Å². The van der Waals surface area contributed by atoms with Crippen molar-refractivity contribution in [1.82, 2.24) is 19.8 Å². The van der Waals surface area contributed by atoms with Gasteiger partial charge in [-0.3, -0.25) is 19.1 Å². The van der Waals surface area contributed by atoms with Gasteiger partial charge >= 0.3 is 0 Å². The van der Waals surface area contributed by atoms with Crippen molar-refractivity contribution in [3.8, 4) is 0 Å². The van der Waals surface area contributed by atoms with Crippen LogP contribution in [0.15, 0.2) is 63.4 Å². The number of amides is 1. The van der Waals surface area contributed by atoms with Crippen LogP contribution in [0.5, 0.6) is 0 Å². The Morgan fingerprint density at radius 2 is 1.71 bits per heavy atom. The fourth-order valence-electron chi connectivity index (χ4n) is 3.96. The normalized spacial score (nSPS) is 11.7. The molecule has 0 atom stereocenters. The summed E-state index contributed by atoms with van der Waals surface area (Å²) in [6.45, 7) is 12.6. The Balaban J connectivity index is 1.64. The molecule has 0 aliphatic carbocycles. The van der Waals surface area contributed by atoms with Gasteiger partial charge in [0.05, 0.1) is 16.7 Å². The second-order valence-corrected chi connectivity index (χ2v) is 11.2. The molecule has 1 N–H and O–H groups in total. The first kappa shape index (κ1) is 27.3. The molecule has 0 saturated heterocycles. The van der Waals surface area contributed by atoms with Gasteiger partial charge in [-0.2, -0.15) is 0 Å². The Kier molecular flexibility index (Phi) is 10.2. The highest BCUT2D eigenvalue weighted by molar-refractivity contribution is 7.99. The molecule has 3 aromatic rings. The Bertz CT molecular complexity index is 1170. The first-order valence-electron chi connectivity index (χ1n) is 12.1. The van der Waals surface area contributed by atoms with E-state index in [1.807, 2.05) is 24.3 Å². The summed E-state index contributed by atoms with van der Waals surface area (Å²) in [4.78, 5) is 34.1. The summed E-state index contributed by atoms with van der Waals surface area (Å²) >= 11 is 3.04. The van der Waals surface area contributed by atoms with E-state index in [0.717, 1.165) is 12.3 Å². The average molecular weight is 513 g/mol. The second kappa shape index (κ2) is 13.1. The Morgan fingerprint density at radius 1 is 1.03 bits per heavy atom. The number of thioether (sulfide) groups is 2. The fraction of sp³-hybridized carbons (Fsp3) is 0.444. The van der Waals surface area contributed by atoms with E-state index in [-0.39, 0.29) is 17.2 Å². The van der Waals surface area contributed by atoms with E-state index in [2.05, 4.69) is 69.1 Å². The number of hydrogen-bond acceptors (Lipinski definition) is 6. The van der Waals surface area contributed by atoms with Crippen LogP contribution in [-0.2, 0) is 11.3 Å². The average Bonchev–Trinajstić information content (AvgIpc) is 2.82. The van der Waals surface area contributed by atoms with Crippen molar-refractivity contribution in [1.29, 1.82) is 0 Å². The number of hydrogen-bond donors (Lipinski definition) is 1. The Hall–Kier alpha value is -2.29. The molecule has 35 heavy (non-hydrogen) atoms. The van der Waals surface area contributed by atoms with Crippen LogP contribution in [0.4, 0.5) is 0 Å². The first-order chi connectivity index (χ1) is 16.8. The summed E-state index contributed by atoms with van der Waals surface area (Å²) in [7, 11) is 0. The predicted octanol–water partition coefficient (Wildman–Crippen LogP) is 4.82. The number of nitrogens with one attached hydrogen (secondary N) is 1. The van der Waals surface area contributed by atoms with Crippen molar-refractivity contribution < 1.29 is 4.79 Å². The molecule has 0 spiro atoms. The van der Waals surface area contributed by atoms with Gasteiger partial charge < -0.3 is 5.32 Å². The zero-order valence-corrected chi connectivity index (χ0v) is 22.9. The van der Waals surface area contributed by atoms with E-state index in [1.54, 1.807) is 16.3 Å². The number of rotatable bonds is 12. The molecule has 188 valence electrons. The summed E-state index contributed by atoms with van der Waals surface area (Å²) in [6, 6.07) is 16.5. The van der Waals surface area contributed by atoms with Gasteiger partial charge in [0.15, 0.2) is 5.16 Å². The molecule has 1 heterocycles. The minimum Gasteiger partial charge on any atom is -0.355 e. The molecule has 1 aromatic heterocycles. The van der Waals surface area contributed by atoms with E-state index in [9.17, 15) is 9.59 Å². The number of para-hydroxylation sites is 1. The Morgan fingerprint density at radius 3 is 2.40 bits per heavy atom. The predicted molar refractivity (Wildman–Crippen MR) is 149 cm³/mol. The topological polar surface area (TPSA) is 67.2 Å². The van der Waals surface area contributed by atoms with Gasteiger partial charge in [-0.05, 0) is 58.9 Å². The van der Waals surface area contributed by atoms with Crippen LogP contribution in [0.25, 0.3) is 10.9 Å². The van der Waals surface area contributed by atoms with Crippen molar-refractivity contribution in [2.45, 2.75) is 63.3 Å². The highest BCUT2D eigenvalue weighted by Gasteiger charge is 2.17.